The molecule has 0 saturated heterocycles. The largest absolute Gasteiger partial charge is 0.497 e. The van der Waals surface area contributed by atoms with Gasteiger partial charge in [0.15, 0.2) is 0 Å². The average Bonchev–Trinajstić information content (AvgIpc) is 3.07. The van der Waals surface area contributed by atoms with Crippen LogP contribution in [0.2, 0.25) is 0 Å². The normalized spacial score (nSPS) is 16.9. The highest BCUT2D eigenvalue weighted by Crippen LogP contribution is 2.33. The molecule has 0 fully saturated rings. The smallest absolute Gasteiger partial charge is 0.258 e. The molecule has 124 valence electrons. The highest BCUT2D eigenvalue weighted by Gasteiger charge is 2.32. The number of hydrogen-bond donors (Lipinski definition) is 0. The van der Waals surface area contributed by atoms with Crippen molar-refractivity contribution in [3.63, 3.8) is 0 Å². The molecule has 1 unspecified atom stereocenters. The van der Waals surface area contributed by atoms with Crippen molar-refractivity contribution in [2.24, 2.45) is 5.10 Å². The molecular formula is C18H16ClFN2O2. The summed E-state index contributed by atoms with van der Waals surface area (Å²) >= 11 is 5.71. The molecule has 1 amide bonds. The van der Waals surface area contributed by atoms with Crippen LogP contribution in [0, 0.1) is 5.82 Å². The van der Waals surface area contributed by atoms with Gasteiger partial charge in [-0.25, -0.2) is 9.40 Å². The average molecular weight is 347 g/mol. The Morgan fingerprint density at radius 2 is 1.92 bits per heavy atom. The van der Waals surface area contributed by atoms with Crippen LogP contribution in [0.25, 0.3) is 0 Å². The van der Waals surface area contributed by atoms with Crippen molar-refractivity contribution in [2.45, 2.75) is 12.5 Å². The molecule has 2 aromatic carbocycles. The molecule has 1 atom stereocenters. The number of hydrogen-bond acceptors (Lipinski definition) is 3. The third-order valence-electron chi connectivity index (χ3n) is 3.96. The first kappa shape index (κ1) is 16.5. The van der Waals surface area contributed by atoms with Crippen molar-refractivity contribution >= 4 is 23.2 Å². The number of benzene rings is 2. The lowest BCUT2D eigenvalue weighted by molar-refractivity contribution is -0.130. The van der Waals surface area contributed by atoms with Crippen LogP contribution in [0.3, 0.4) is 0 Å². The minimum atomic E-state index is -0.316. The van der Waals surface area contributed by atoms with Gasteiger partial charge >= 0.3 is 0 Å². The Hall–Kier alpha value is -2.40. The number of ether oxygens (including phenoxy) is 1. The molecule has 2 aromatic rings. The number of amides is 1. The Bertz CT molecular complexity index is 760. The van der Waals surface area contributed by atoms with Gasteiger partial charge in [0.2, 0.25) is 0 Å². The lowest BCUT2D eigenvalue weighted by Gasteiger charge is -2.21. The van der Waals surface area contributed by atoms with E-state index < -0.39 is 0 Å². The second kappa shape index (κ2) is 7.01. The molecule has 0 aliphatic carbocycles. The van der Waals surface area contributed by atoms with Gasteiger partial charge in [0.1, 0.15) is 17.4 Å². The van der Waals surface area contributed by atoms with E-state index in [1.54, 1.807) is 19.2 Å². The maximum atomic E-state index is 13.2. The molecule has 1 heterocycles. The van der Waals surface area contributed by atoms with Crippen LogP contribution in [0.5, 0.6) is 5.75 Å². The summed E-state index contributed by atoms with van der Waals surface area (Å²) in [6.45, 7) is 0. The van der Waals surface area contributed by atoms with Crippen molar-refractivity contribution in [3.05, 3.63) is 65.5 Å². The second-order valence-electron chi connectivity index (χ2n) is 5.42. The van der Waals surface area contributed by atoms with Gasteiger partial charge in [0.05, 0.1) is 18.9 Å². The van der Waals surface area contributed by atoms with Crippen molar-refractivity contribution < 1.29 is 13.9 Å². The number of carbonyl (C=O) groups excluding carboxylic acids is 1. The number of methoxy groups -OCH3 is 1. The third kappa shape index (κ3) is 3.26. The van der Waals surface area contributed by atoms with Crippen molar-refractivity contribution in [3.8, 4) is 5.75 Å². The first-order chi connectivity index (χ1) is 11.6. The number of nitrogens with zero attached hydrogens (tertiary/aromatic N) is 2. The number of hydrazone groups is 1. The van der Waals surface area contributed by atoms with Crippen molar-refractivity contribution in [1.29, 1.82) is 0 Å². The number of carbonyl (C=O) groups is 1. The molecular weight excluding hydrogens is 331 g/mol. The molecule has 3 rings (SSSR count). The van der Waals surface area contributed by atoms with E-state index in [1.807, 2.05) is 24.3 Å². The third-order valence-corrected chi connectivity index (χ3v) is 4.19. The first-order valence-corrected chi connectivity index (χ1v) is 8.01. The second-order valence-corrected chi connectivity index (χ2v) is 5.69. The standard InChI is InChI=1S/C18H16ClFN2O2/c1-24-15-8-4-12(5-9-15)16-10-17(22(21-16)18(23)11-19)13-2-6-14(20)7-3-13/h2-9,17H,10-11H2,1H3. The number of halogens is 2. The van der Waals surface area contributed by atoms with Crippen LogP contribution in [0.4, 0.5) is 4.39 Å². The van der Waals surface area contributed by atoms with E-state index in [0.717, 1.165) is 22.6 Å². The Balaban J connectivity index is 1.91. The van der Waals surface area contributed by atoms with Crippen LogP contribution in [0.1, 0.15) is 23.6 Å². The van der Waals surface area contributed by atoms with E-state index in [2.05, 4.69) is 5.10 Å². The van der Waals surface area contributed by atoms with E-state index >= 15 is 0 Å². The Labute approximate surface area is 144 Å². The van der Waals surface area contributed by atoms with Crippen LogP contribution < -0.4 is 4.74 Å². The topological polar surface area (TPSA) is 41.9 Å². The van der Waals surface area contributed by atoms with E-state index in [1.165, 1.54) is 17.1 Å². The lowest BCUT2D eigenvalue weighted by atomic mass is 9.98. The highest BCUT2D eigenvalue weighted by atomic mass is 35.5. The molecule has 4 nitrogen and oxygen atoms in total. The maximum Gasteiger partial charge on any atom is 0.258 e. The molecule has 6 heteroatoms. The molecule has 0 bridgehead atoms. The SMILES string of the molecule is COc1ccc(C2=NN(C(=O)CCl)C(c3ccc(F)cc3)C2)cc1. The summed E-state index contributed by atoms with van der Waals surface area (Å²) < 4.78 is 18.3. The first-order valence-electron chi connectivity index (χ1n) is 7.47. The fraction of sp³-hybridized carbons (Fsp3) is 0.222. The van der Waals surface area contributed by atoms with Gasteiger partial charge in [-0.05, 0) is 47.5 Å². The zero-order valence-electron chi connectivity index (χ0n) is 13.1. The number of rotatable bonds is 4. The minimum absolute atomic E-state index is 0.156. The predicted octanol–water partition coefficient (Wildman–Crippen LogP) is 3.75. The quantitative estimate of drug-likeness (QED) is 0.791. The Morgan fingerprint density at radius 3 is 2.50 bits per heavy atom. The van der Waals surface area contributed by atoms with Crippen LogP contribution in [-0.4, -0.2) is 29.6 Å². The molecule has 0 radical (unpaired) electrons. The van der Waals surface area contributed by atoms with Gasteiger partial charge < -0.3 is 4.74 Å². The fourth-order valence-corrected chi connectivity index (χ4v) is 2.83. The van der Waals surface area contributed by atoms with Gasteiger partial charge in [-0.2, -0.15) is 5.10 Å². The Morgan fingerprint density at radius 1 is 1.25 bits per heavy atom. The lowest BCUT2D eigenvalue weighted by Crippen LogP contribution is -2.27. The summed E-state index contributed by atoms with van der Waals surface area (Å²) in [6, 6.07) is 13.3. The van der Waals surface area contributed by atoms with Gasteiger partial charge in [0, 0.05) is 6.42 Å². The Kier molecular flexibility index (Phi) is 4.81. The zero-order valence-corrected chi connectivity index (χ0v) is 13.8. The van der Waals surface area contributed by atoms with E-state index in [9.17, 15) is 9.18 Å². The van der Waals surface area contributed by atoms with Gasteiger partial charge in [0.25, 0.3) is 5.91 Å². The van der Waals surface area contributed by atoms with Gasteiger partial charge in [-0.3, -0.25) is 4.79 Å². The van der Waals surface area contributed by atoms with Crippen LogP contribution in [-0.2, 0) is 4.79 Å². The van der Waals surface area contributed by atoms with Gasteiger partial charge in [-0.1, -0.05) is 12.1 Å². The predicted molar refractivity (Wildman–Crippen MR) is 90.9 cm³/mol. The van der Waals surface area contributed by atoms with Crippen LogP contribution >= 0.6 is 11.6 Å². The summed E-state index contributed by atoms with van der Waals surface area (Å²) in [5, 5.41) is 5.83. The van der Waals surface area contributed by atoms with Crippen molar-refractivity contribution in [1.82, 2.24) is 5.01 Å². The molecule has 0 spiro atoms. The summed E-state index contributed by atoms with van der Waals surface area (Å²) in [5.41, 5.74) is 2.51. The van der Waals surface area contributed by atoms with Gasteiger partial charge in [-0.15, -0.1) is 11.6 Å². The summed E-state index contributed by atoms with van der Waals surface area (Å²) in [6.07, 6.45) is 0.542. The van der Waals surface area contributed by atoms with Crippen molar-refractivity contribution in [2.75, 3.05) is 13.0 Å². The molecule has 0 saturated carbocycles. The summed E-state index contributed by atoms with van der Waals surface area (Å²) in [4.78, 5) is 12.1. The maximum absolute atomic E-state index is 13.2. The van der Waals surface area contributed by atoms with E-state index in [0.29, 0.717) is 6.42 Å². The molecule has 1 aliphatic heterocycles. The molecule has 1 aliphatic rings. The van der Waals surface area contributed by atoms with E-state index in [-0.39, 0.29) is 23.6 Å². The molecule has 0 aromatic heterocycles. The zero-order chi connectivity index (χ0) is 17.1. The number of alkyl halides is 1. The molecule has 0 N–H and O–H groups in total. The fourth-order valence-electron chi connectivity index (χ4n) is 2.70. The minimum Gasteiger partial charge on any atom is -0.497 e. The molecule has 24 heavy (non-hydrogen) atoms. The van der Waals surface area contributed by atoms with E-state index in [4.69, 9.17) is 16.3 Å². The summed E-state index contributed by atoms with van der Waals surface area (Å²) in [7, 11) is 1.60. The highest BCUT2D eigenvalue weighted by molar-refractivity contribution is 6.27. The van der Waals surface area contributed by atoms with Crippen LogP contribution in [0.15, 0.2) is 53.6 Å². The monoisotopic (exact) mass is 346 g/mol. The summed E-state index contributed by atoms with van der Waals surface area (Å²) in [5.74, 6) is -0.00392.